The summed E-state index contributed by atoms with van der Waals surface area (Å²) in [4.78, 5) is 2.62. The summed E-state index contributed by atoms with van der Waals surface area (Å²) in [6.45, 7) is 6.02. The highest BCUT2D eigenvalue weighted by atomic mass is 35.5. The molecule has 19 heavy (non-hydrogen) atoms. The lowest BCUT2D eigenvalue weighted by molar-refractivity contribution is 0.205. The summed E-state index contributed by atoms with van der Waals surface area (Å²) in [7, 11) is 1.74. The molecule has 1 aliphatic rings. The molecule has 2 rings (SSSR count). The van der Waals surface area contributed by atoms with E-state index in [9.17, 15) is 0 Å². The van der Waals surface area contributed by atoms with Crippen LogP contribution in [0.4, 0.5) is 0 Å². The zero-order valence-corrected chi connectivity index (χ0v) is 12.9. The molecule has 0 aliphatic carbocycles. The number of hydrogen-bond donors (Lipinski definition) is 0. The molecule has 0 radical (unpaired) electrons. The van der Waals surface area contributed by atoms with Gasteiger partial charge in [-0.3, -0.25) is 0 Å². The first-order valence-corrected chi connectivity index (χ1v) is 7.19. The molecule has 0 spiro atoms. The number of methoxy groups -OCH3 is 1. The van der Waals surface area contributed by atoms with Crippen LogP contribution in [0.15, 0.2) is 24.3 Å². The summed E-state index contributed by atoms with van der Waals surface area (Å²) in [6.07, 6.45) is 5.26. The van der Waals surface area contributed by atoms with E-state index in [0.29, 0.717) is 5.92 Å². The monoisotopic (exact) mass is 283 g/mol. The topological polar surface area (TPSA) is 12.5 Å². The molecule has 1 saturated heterocycles. The summed E-state index contributed by atoms with van der Waals surface area (Å²) in [5.41, 5.74) is 1.44. The van der Waals surface area contributed by atoms with Gasteiger partial charge in [-0.05, 0) is 56.0 Å². The van der Waals surface area contributed by atoms with Crippen LogP contribution in [0.1, 0.15) is 44.1 Å². The number of halogens is 1. The Kier molecular flexibility index (Phi) is 7.25. The van der Waals surface area contributed by atoms with Gasteiger partial charge in [0.1, 0.15) is 5.75 Å². The Morgan fingerprint density at radius 1 is 1.37 bits per heavy atom. The second-order valence-electron chi connectivity index (χ2n) is 5.27. The Bertz CT molecular complexity index is 370. The van der Waals surface area contributed by atoms with E-state index < -0.39 is 0 Å². The highest BCUT2D eigenvalue weighted by Crippen LogP contribution is 2.29. The van der Waals surface area contributed by atoms with Crippen LogP contribution in [-0.4, -0.2) is 31.6 Å². The van der Waals surface area contributed by atoms with Crippen molar-refractivity contribution in [3.8, 4) is 5.75 Å². The molecule has 0 amide bonds. The predicted molar refractivity (Wildman–Crippen MR) is 83.6 cm³/mol. The van der Waals surface area contributed by atoms with Gasteiger partial charge in [-0.15, -0.1) is 12.4 Å². The maximum Gasteiger partial charge on any atom is 0.119 e. The molecule has 1 atom stereocenters. The first-order valence-electron chi connectivity index (χ1n) is 7.19. The van der Waals surface area contributed by atoms with Gasteiger partial charge in [-0.25, -0.2) is 0 Å². The van der Waals surface area contributed by atoms with Crippen LogP contribution in [0.25, 0.3) is 0 Å². The molecule has 2 nitrogen and oxygen atoms in total. The zero-order chi connectivity index (χ0) is 12.8. The van der Waals surface area contributed by atoms with Crippen molar-refractivity contribution in [2.75, 3.05) is 26.7 Å². The summed E-state index contributed by atoms with van der Waals surface area (Å²) in [6, 6.07) is 8.59. The van der Waals surface area contributed by atoms with E-state index in [4.69, 9.17) is 4.74 Å². The molecule has 1 aliphatic heterocycles. The number of piperidine rings is 1. The molecule has 0 aromatic heterocycles. The number of nitrogens with zero attached hydrogens (tertiary/aromatic N) is 1. The number of benzene rings is 1. The molecule has 1 fully saturated rings. The summed E-state index contributed by atoms with van der Waals surface area (Å²) < 4.78 is 5.32. The third-order valence-electron chi connectivity index (χ3n) is 3.90. The normalized spacial score (nSPS) is 19.8. The highest BCUT2D eigenvalue weighted by molar-refractivity contribution is 5.85. The van der Waals surface area contributed by atoms with Gasteiger partial charge in [0, 0.05) is 6.54 Å². The van der Waals surface area contributed by atoms with E-state index >= 15 is 0 Å². The summed E-state index contributed by atoms with van der Waals surface area (Å²) in [5, 5.41) is 0. The SMILES string of the molecule is CCCCN1CCCC(c2cccc(OC)c2)C1.Cl. The van der Waals surface area contributed by atoms with Gasteiger partial charge in [0.2, 0.25) is 0 Å². The van der Waals surface area contributed by atoms with E-state index in [2.05, 4.69) is 30.0 Å². The molecule has 0 N–H and O–H groups in total. The minimum atomic E-state index is 0. The highest BCUT2D eigenvalue weighted by Gasteiger charge is 2.20. The van der Waals surface area contributed by atoms with Crippen LogP contribution in [0, 0.1) is 0 Å². The van der Waals surface area contributed by atoms with Gasteiger partial charge in [0.05, 0.1) is 7.11 Å². The molecule has 1 aromatic rings. The quantitative estimate of drug-likeness (QED) is 0.807. The van der Waals surface area contributed by atoms with E-state index in [1.54, 1.807) is 7.11 Å². The Hall–Kier alpha value is -0.730. The smallest absolute Gasteiger partial charge is 0.119 e. The predicted octanol–water partition coefficient (Wildman–Crippen LogP) is 4.10. The van der Waals surface area contributed by atoms with Gasteiger partial charge in [-0.1, -0.05) is 25.5 Å². The number of rotatable bonds is 5. The Labute approximate surface area is 123 Å². The minimum absolute atomic E-state index is 0. The molecule has 1 heterocycles. The van der Waals surface area contributed by atoms with Crippen LogP contribution in [0.3, 0.4) is 0 Å². The Balaban J connectivity index is 0.00000180. The second kappa shape index (κ2) is 8.44. The average molecular weight is 284 g/mol. The van der Waals surface area contributed by atoms with Crippen LogP contribution in [0.2, 0.25) is 0 Å². The fourth-order valence-electron chi connectivity index (χ4n) is 2.81. The van der Waals surface area contributed by atoms with E-state index in [0.717, 1.165) is 5.75 Å². The van der Waals surface area contributed by atoms with Crippen molar-refractivity contribution in [1.82, 2.24) is 4.90 Å². The zero-order valence-electron chi connectivity index (χ0n) is 12.1. The summed E-state index contributed by atoms with van der Waals surface area (Å²) in [5.74, 6) is 1.67. The minimum Gasteiger partial charge on any atom is -0.497 e. The van der Waals surface area contributed by atoms with Gasteiger partial charge < -0.3 is 9.64 Å². The fourth-order valence-corrected chi connectivity index (χ4v) is 2.81. The van der Waals surface area contributed by atoms with Crippen LogP contribution < -0.4 is 4.74 Å². The van der Waals surface area contributed by atoms with E-state index in [-0.39, 0.29) is 12.4 Å². The third-order valence-corrected chi connectivity index (χ3v) is 3.90. The number of unbranched alkanes of at least 4 members (excludes halogenated alkanes) is 1. The molecular weight excluding hydrogens is 258 g/mol. The molecule has 3 heteroatoms. The molecular formula is C16H26ClNO. The largest absolute Gasteiger partial charge is 0.497 e. The lowest BCUT2D eigenvalue weighted by Crippen LogP contribution is -2.35. The van der Waals surface area contributed by atoms with Gasteiger partial charge in [-0.2, -0.15) is 0 Å². The Morgan fingerprint density at radius 3 is 2.95 bits per heavy atom. The van der Waals surface area contributed by atoms with Crippen molar-refractivity contribution >= 4 is 12.4 Å². The first-order chi connectivity index (χ1) is 8.83. The standard InChI is InChI=1S/C16H25NO.ClH/c1-3-4-10-17-11-6-8-15(13-17)14-7-5-9-16(12-14)18-2;/h5,7,9,12,15H,3-4,6,8,10-11,13H2,1-2H3;1H. The molecule has 1 aromatic carbocycles. The Morgan fingerprint density at radius 2 is 2.21 bits per heavy atom. The maximum atomic E-state index is 5.32. The van der Waals surface area contributed by atoms with Crippen LogP contribution in [0.5, 0.6) is 5.75 Å². The molecule has 108 valence electrons. The molecule has 0 saturated carbocycles. The molecule has 1 unspecified atom stereocenters. The number of ether oxygens (including phenoxy) is 1. The van der Waals surface area contributed by atoms with E-state index in [1.807, 2.05) is 6.07 Å². The van der Waals surface area contributed by atoms with Crippen molar-refractivity contribution < 1.29 is 4.74 Å². The van der Waals surface area contributed by atoms with E-state index in [1.165, 1.54) is 50.9 Å². The van der Waals surface area contributed by atoms with Crippen molar-refractivity contribution in [1.29, 1.82) is 0 Å². The maximum absolute atomic E-state index is 5.32. The number of likely N-dealkylation sites (tertiary alicyclic amines) is 1. The van der Waals surface area contributed by atoms with Gasteiger partial charge in [0.15, 0.2) is 0 Å². The lowest BCUT2D eigenvalue weighted by atomic mass is 9.90. The third kappa shape index (κ3) is 4.70. The lowest BCUT2D eigenvalue weighted by Gasteiger charge is -2.33. The second-order valence-corrected chi connectivity index (χ2v) is 5.27. The van der Waals surface area contributed by atoms with Gasteiger partial charge in [0.25, 0.3) is 0 Å². The van der Waals surface area contributed by atoms with Crippen molar-refractivity contribution in [3.63, 3.8) is 0 Å². The number of hydrogen-bond acceptors (Lipinski definition) is 2. The average Bonchev–Trinajstić information content (AvgIpc) is 2.45. The van der Waals surface area contributed by atoms with Crippen LogP contribution >= 0.6 is 12.4 Å². The van der Waals surface area contributed by atoms with Crippen molar-refractivity contribution in [2.45, 2.75) is 38.5 Å². The first kappa shape index (κ1) is 16.3. The molecule has 0 bridgehead atoms. The van der Waals surface area contributed by atoms with Crippen molar-refractivity contribution in [2.24, 2.45) is 0 Å². The fraction of sp³-hybridized carbons (Fsp3) is 0.625. The van der Waals surface area contributed by atoms with Crippen LogP contribution in [-0.2, 0) is 0 Å². The summed E-state index contributed by atoms with van der Waals surface area (Å²) >= 11 is 0. The van der Waals surface area contributed by atoms with Crippen molar-refractivity contribution in [3.05, 3.63) is 29.8 Å². The van der Waals surface area contributed by atoms with Gasteiger partial charge >= 0.3 is 0 Å².